The SMILES string of the molecule is CC.CS.N#Cc1ccc(CCCCC2CC(CS(=O)(=O)c3ccccc3)CC(=O)O2)cc1. The van der Waals surface area contributed by atoms with Crippen LogP contribution >= 0.6 is 12.6 Å². The first-order valence-electron chi connectivity index (χ1n) is 11.4. The molecule has 3 rings (SSSR count). The number of nitriles is 1. The Bertz CT molecular complexity index is 968. The summed E-state index contributed by atoms with van der Waals surface area (Å²) in [7, 11) is -3.40. The van der Waals surface area contributed by atoms with Gasteiger partial charge in [0.2, 0.25) is 0 Å². The van der Waals surface area contributed by atoms with Gasteiger partial charge in [-0.05, 0) is 74.1 Å². The van der Waals surface area contributed by atoms with Crippen LogP contribution in [0, 0.1) is 17.2 Å². The number of unbranched alkanes of at least 4 members (excludes halogenated alkanes) is 1. The third-order valence-corrected chi connectivity index (χ3v) is 7.13. The largest absolute Gasteiger partial charge is 0.462 e. The van der Waals surface area contributed by atoms with Crippen molar-refractivity contribution in [3.63, 3.8) is 0 Å². The van der Waals surface area contributed by atoms with Gasteiger partial charge in [0.25, 0.3) is 0 Å². The summed E-state index contributed by atoms with van der Waals surface area (Å²) in [5.74, 6) is -0.528. The van der Waals surface area contributed by atoms with E-state index in [1.54, 1.807) is 36.6 Å². The maximum atomic E-state index is 12.6. The third-order valence-electron chi connectivity index (χ3n) is 5.23. The van der Waals surface area contributed by atoms with Gasteiger partial charge in [-0.25, -0.2) is 8.42 Å². The minimum absolute atomic E-state index is 0.0200. The van der Waals surface area contributed by atoms with Crippen molar-refractivity contribution < 1.29 is 17.9 Å². The van der Waals surface area contributed by atoms with E-state index in [4.69, 9.17) is 10.00 Å². The summed E-state index contributed by atoms with van der Waals surface area (Å²) in [5.41, 5.74) is 1.83. The maximum Gasteiger partial charge on any atom is 0.306 e. The molecule has 0 aliphatic carbocycles. The van der Waals surface area contributed by atoms with Gasteiger partial charge in [-0.15, -0.1) is 0 Å². The predicted molar refractivity (Wildman–Crippen MR) is 136 cm³/mol. The van der Waals surface area contributed by atoms with Crippen LogP contribution in [0.3, 0.4) is 0 Å². The summed E-state index contributed by atoms with van der Waals surface area (Å²) < 4.78 is 30.7. The van der Waals surface area contributed by atoms with Crippen molar-refractivity contribution >= 4 is 28.4 Å². The molecular weight excluding hydrogens is 454 g/mol. The Kier molecular flexibility index (Phi) is 13.5. The third kappa shape index (κ3) is 10.0. The molecule has 1 aliphatic rings. The van der Waals surface area contributed by atoms with Gasteiger partial charge in [-0.2, -0.15) is 17.9 Å². The van der Waals surface area contributed by atoms with Crippen molar-refractivity contribution in [3.8, 4) is 6.07 Å². The molecule has 0 radical (unpaired) electrons. The van der Waals surface area contributed by atoms with Gasteiger partial charge in [0.1, 0.15) is 6.10 Å². The highest BCUT2D eigenvalue weighted by Crippen LogP contribution is 2.28. The molecule has 1 saturated heterocycles. The minimum atomic E-state index is -3.40. The molecule has 2 aromatic rings. The Morgan fingerprint density at radius 2 is 1.67 bits per heavy atom. The summed E-state index contributed by atoms with van der Waals surface area (Å²) in [5, 5.41) is 8.84. The first kappa shape index (κ1) is 28.7. The molecule has 5 nitrogen and oxygen atoms in total. The van der Waals surface area contributed by atoms with Gasteiger partial charge < -0.3 is 4.74 Å². The number of cyclic esters (lactones) is 1. The average Bonchev–Trinajstić information content (AvgIpc) is 2.85. The molecule has 0 amide bonds. The number of rotatable bonds is 8. The molecule has 180 valence electrons. The summed E-state index contributed by atoms with van der Waals surface area (Å²) in [6, 6.07) is 18.0. The molecule has 2 atom stereocenters. The number of carbonyl (C=O) groups is 1. The van der Waals surface area contributed by atoms with E-state index in [0.717, 1.165) is 25.7 Å². The Hall–Kier alpha value is -2.30. The van der Waals surface area contributed by atoms with Crippen LogP contribution < -0.4 is 0 Å². The Morgan fingerprint density at radius 3 is 2.27 bits per heavy atom. The molecule has 0 aromatic heterocycles. The zero-order valence-corrected chi connectivity index (χ0v) is 21.4. The first-order chi connectivity index (χ1) is 16.0. The van der Waals surface area contributed by atoms with Gasteiger partial charge in [0, 0.05) is 6.42 Å². The number of sulfone groups is 1. The van der Waals surface area contributed by atoms with Crippen LogP contribution in [0.2, 0.25) is 0 Å². The minimum Gasteiger partial charge on any atom is -0.462 e. The van der Waals surface area contributed by atoms with Gasteiger partial charge in [-0.1, -0.05) is 44.2 Å². The fourth-order valence-corrected chi connectivity index (χ4v) is 5.40. The molecule has 33 heavy (non-hydrogen) atoms. The topological polar surface area (TPSA) is 84.2 Å². The van der Waals surface area contributed by atoms with Gasteiger partial charge >= 0.3 is 5.97 Å². The number of benzene rings is 2. The van der Waals surface area contributed by atoms with Crippen LogP contribution in [-0.4, -0.2) is 32.5 Å². The number of hydrogen-bond donors (Lipinski definition) is 1. The fraction of sp³-hybridized carbons (Fsp3) is 0.462. The van der Waals surface area contributed by atoms with E-state index in [0.29, 0.717) is 16.9 Å². The molecule has 0 bridgehead atoms. The second kappa shape index (κ2) is 15.5. The molecular formula is C26H35NO4S2. The zero-order chi connectivity index (χ0) is 24.7. The number of ether oxygens (including phenoxy) is 1. The lowest BCUT2D eigenvalue weighted by Crippen LogP contribution is -2.33. The monoisotopic (exact) mass is 489 g/mol. The van der Waals surface area contributed by atoms with E-state index in [9.17, 15) is 13.2 Å². The van der Waals surface area contributed by atoms with E-state index in [-0.39, 0.29) is 30.2 Å². The van der Waals surface area contributed by atoms with Gasteiger partial charge in [0.05, 0.1) is 22.3 Å². The van der Waals surface area contributed by atoms with Crippen LogP contribution in [0.5, 0.6) is 0 Å². The van der Waals surface area contributed by atoms with Crippen molar-refractivity contribution in [2.24, 2.45) is 5.92 Å². The lowest BCUT2D eigenvalue weighted by Gasteiger charge is -2.28. The second-order valence-electron chi connectivity index (χ2n) is 7.57. The Balaban J connectivity index is 0.00000129. The summed E-state index contributed by atoms with van der Waals surface area (Å²) in [4.78, 5) is 12.3. The molecule has 7 heteroatoms. The molecule has 2 aromatic carbocycles. The van der Waals surface area contributed by atoms with Crippen molar-refractivity contribution in [2.45, 2.75) is 63.4 Å². The van der Waals surface area contributed by atoms with Crippen molar-refractivity contribution in [3.05, 3.63) is 65.7 Å². The van der Waals surface area contributed by atoms with Gasteiger partial charge in [0.15, 0.2) is 9.84 Å². The summed E-state index contributed by atoms with van der Waals surface area (Å²) >= 11 is 3.53. The normalized spacial score (nSPS) is 17.4. The number of thiol groups is 1. The standard InChI is InChI=1S/C23H25NO4S.C2H6.CH4S/c24-16-19-12-10-18(11-13-19)6-4-5-7-21-14-20(15-23(25)28-21)17-29(26,27)22-8-2-1-3-9-22;2*1-2/h1-3,8-13,20-21H,4-7,14-15,17H2;1-2H3;2H,1H3. The first-order valence-corrected chi connectivity index (χ1v) is 13.9. The van der Waals surface area contributed by atoms with E-state index in [1.807, 2.05) is 38.1 Å². The van der Waals surface area contributed by atoms with Crippen LogP contribution in [-0.2, 0) is 25.8 Å². The second-order valence-corrected chi connectivity index (χ2v) is 9.60. The van der Waals surface area contributed by atoms with E-state index < -0.39 is 9.84 Å². The van der Waals surface area contributed by atoms with E-state index in [2.05, 4.69) is 18.7 Å². The van der Waals surface area contributed by atoms with Crippen LogP contribution in [0.15, 0.2) is 59.5 Å². The molecule has 1 heterocycles. The van der Waals surface area contributed by atoms with E-state index in [1.165, 1.54) is 5.56 Å². The van der Waals surface area contributed by atoms with Gasteiger partial charge in [-0.3, -0.25) is 4.79 Å². The lowest BCUT2D eigenvalue weighted by atomic mass is 9.93. The highest BCUT2D eigenvalue weighted by molar-refractivity contribution is 7.91. The molecule has 1 fully saturated rings. The quantitative estimate of drug-likeness (QED) is 0.295. The molecule has 0 spiro atoms. The van der Waals surface area contributed by atoms with Crippen LogP contribution in [0.4, 0.5) is 0 Å². The van der Waals surface area contributed by atoms with Crippen molar-refractivity contribution in [1.82, 2.24) is 0 Å². The number of carbonyl (C=O) groups excluding carboxylic acids is 1. The average molecular weight is 490 g/mol. The fourth-order valence-electron chi connectivity index (χ4n) is 3.76. The predicted octanol–water partition coefficient (Wildman–Crippen LogP) is 5.64. The number of nitrogens with zero attached hydrogens (tertiary/aromatic N) is 1. The number of aryl methyl sites for hydroxylation is 1. The highest BCUT2D eigenvalue weighted by atomic mass is 32.2. The zero-order valence-electron chi connectivity index (χ0n) is 19.7. The van der Waals surface area contributed by atoms with Crippen LogP contribution in [0.1, 0.15) is 57.1 Å². The molecule has 2 unspecified atom stereocenters. The van der Waals surface area contributed by atoms with Crippen molar-refractivity contribution in [2.75, 3.05) is 12.0 Å². The maximum absolute atomic E-state index is 12.6. The summed E-state index contributed by atoms with van der Waals surface area (Å²) in [6.45, 7) is 4.00. The smallest absolute Gasteiger partial charge is 0.306 e. The molecule has 1 aliphatic heterocycles. The van der Waals surface area contributed by atoms with Crippen molar-refractivity contribution in [1.29, 1.82) is 5.26 Å². The highest BCUT2D eigenvalue weighted by Gasteiger charge is 2.32. The molecule has 0 saturated carbocycles. The number of esters is 1. The van der Waals surface area contributed by atoms with E-state index >= 15 is 0 Å². The number of hydrogen-bond acceptors (Lipinski definition) is 6. The van der Waals surface area contributed by atoms with Crippen LogP contribution in [0.25, 0.3) is 0 Å². The Labute approximate surface area is 204 Å². The Morgan fingerprint density at radius 1 is 1.03 bits per heavy atom. The lowest BCUT2D eigenvalue weighted by molar-refractivity contribution is -0.156. The summed E-state index contributed by atoms with van der Waals surface area (Å²) in [6.07, 6.45) is 5.72. The molecule has 0 N–H and O–H groups in total.